The maximum absolute atomic E-state index is 6.04. The van der Waals surface area contributed by atoms with Crippen molar-refractivity contribution in [1.82, 2.24) is 15.1 Å². The topological polar surface area (TPSA) is 77.8 Å². The van der Waals surface area contributed by atoms with Crippen LogP contribution in [0.25, 0.3) is 11.5 Å². The van der Waals surface area contributed by atoms with Crippen LogP contribution in [0.3, 0.4) is 0 Å². The molecule has 7 heteroatoms. The molecule has 0 saturated carbocycles. The Kier molecular flexibility index (Phi) is 5.13. The zero-order valence-corrected chi connectivity index (χ0v) is 11.8. The molecule has 0 bridgehead atoms. The van der Waals surface area contributed by atoms with Gasteiger partial charge in [-0.1, -0.05) is 34.8 Å². The van der Waals surface area contributed by atoms with Crippen molar-refractivity contribution in [3.05, 3.63) is 28.2 Å². The Morgan fingerprint density at radius 2 is 2.05 bits per heavy atom. The number of aryl methyl sites for hydroxylation is 1. The highest BCUT2D eigenvalue weighted by molar-refractivity contribution is 6.35. The van der Waals surface area contributed by atoms with E-state index in [0.29, 0.717) is 34.0 Å². The van der Waals surface area contributed by atoms with Crippen LogP contribution >= 0.6 is 23.2 Å². The Bertz CT molecular complexity index is 544. The fourth-order valence-corrected chi connectivity index (χ4v) is 2.09. The van der Waals surface area contributed by atoms with Crippen LogP contribution in [-0.2, 0) is 6.42 Å². The molecule has 0 aromatic carbocycles. The zero-order valence-electron chi connectivity index (χ0n) is 10.3. The molecule has 2 N–H and O–H groups in total. The van der Waals surface area contributed by atoms with Gasteiger partial charge >= 0.3 is 0 Å². The van der Waals surface area contributed by atoms with Gasteiger partial charge < -0.3 is 10.3 Å². The van der Waals surface area contributed by atoms with E-state index in [1.165, 1.54) is 6.20 Å². The van der Waals surface area contributed by atoms with Crippen LogP contribution < -0.4 is 5.73 Å². The third-order valence-electron chi connectivity index (χ3n) is 2.58. The summed E-state index contributed by atoms with van der Waals surface area (Å²) in [6, 6.07) is 1.60. The molecule has 2 aromatic heterocycles. The number of nitrogens with zero attached hydrogens (tertiary/aromatic N) is 3. The molecule has 0 unspecified atom stereocenters. The summed E-state index contributed by atoms with van der Waals surface area (Å²) in [5, 5.41) is 4.75. The average molecular weight is 301 g/mol. The lowest BCUT2D eigenvalue weighted by atomic mass is 10.2. The van der Waals surface area contributed by atoms with E-state index < -0.39 is 0 Å². The highest BCUT2D eigenvalue weighted by Crippen LogP contribution is 2.25. The van der Waals surface area contributed by atoms with Crippen molar-refractivity contribution in [3.8, 4) is 11.5 Å². The predicted octanol–water partition coefficient (Wildman–Crippen LogP) is 3.11. The van der Waals surface area contributed by atoms with Gasteiger partial charge in [0.25, 0.3) is 0 Å². The summed E-state index contributed by atoms with van der Waals surface area (Å²) < 4.78 is 5.16. The fraction of sp³-hybridized carbons (Fsp3) is 0.417. The number of pyridine rings is 1. The third-order valence-corrected chi connectivity index (χ3v) is 3.08. The largest absolute Gasteiger partial charge is 0.339 e. The molecule has 102 valence electrons. The Morgan fingerprint density at radius 3 is 2.79 bits per heavy atom. The third kappa shape index (κ3) is 3.89. The molecule has 0 aliphatic carbocycles. The molecule has 0 aliphatic heterocycles. The molecule has 2 rings (SSSR count). The Morgan fingerprint density at radius 1 is 1.21 bits per heavy atom. The average Bonchev–Trinajstić information content (AvgIpc) is 2.83. The molecule has 0 atom stereocenters. The van der Waals surface area contributed by atoms with E-state index in [2.05, 4.69) is 15.1 Å². The molecule has 0 fully saturated rings. The van der Waals surface area contributed by atoms with Crippen LogP contribution in [0.1, 0.15) is 25.2 Å². The van der Waals surface area contributed by atoms with Gasteiger partial charge in [-0.05, 0) is 25.5 Å². The molecule has 0 saturated heterocycles. The smallest absolute Gasteiger partial charge is 0.227 e. The van der Waals surface area contributed by atoms with Gasteiger partial charge in [-0.3, -0.25) is 0 Å². The zero-order chi connectivity index (χ0) is 13.7. The molecule has 2 aromatic rings. The Balaban J connectivity index is 2.04. The lowest BCUT2D eigenvalue weighted by molar-refractivity contribution is 0.374. The quantitative estimate of drug-likeness (QED) is 0.829. The number of hydrogen-bond acceptors (Lipinski definition) is 5. The molecule has 19 heavy (non-hydrogen) atoms. The molecule has 0 aliphatic rings. The molecule has 5 nitrogen and oxygen atoms in total. The maximum atomic E-state index is 6.04. The van der Waals surface area contributed by atoms with E-state index in [1.807, 2.05) is 0 Å². The monoisotopic (exact) mass is 300 g/mol. The molecule has 0 amide bonds. The van der Waals surface area contributed by atoms with E-state index in [9.17, 15) is 0 Å². The second kappa shape index (κ2) is 6.84. The van der Waals surface area contributed by atoms with Crippen LogP contribution in [0, 0.1) is 0 Å². The summed E-state index contributed by atoms with van der Waals surface area (Å²) >= 11 is 11.8. The first kappa shape index (κ1) is 14.2. The van der Waals surface area contributed by atoms with Crippen LogP contribution in [0.15, 0.2) is 16.8 Å². The van der Waals surface area contributed by atoms with Crippen molar-refractivity contribution in [1.29, 1.82) is 0 Å². The normalized spacial score (nSPS) is 10.9. The molecule has 2 heterocycles. The van der Waals surface area contributed by atoms with Gasteiger partial charge in [-0.25, -0.2) is 4.98 Å². The van der Waals surface area contributed by atoms with Crippen LogP contribution in [0.5, 0.6) is 0 Å². The molecular formula is C12H14Cl2N4O. The van der Waals surface area contributed by atoms with Crippen molar-refractivity contribution in [2.75, 3.05) is 6.54 Å². The molecule has 0 spiro atoms. The summed E-state index contributed by atoms with van der Waals surface area (Å²) in [5.41, 5.74) is 5.91. The Hall–Kier alpha value is -1.17. The highest BCUT2D eigenvalue weighted by Gasteiger charge is 2.13. The molecular weight excluding hydrogens is 287 g/mol. The van der Waals surface area contributed by atoms with Gasteiger partial charge in [-0.15, -0.1) is 0 Å². The summed E-state index contributed by atoms with van der Waals surface area (Å²) in [7, 11) is 0. The van der Waals surface area contributed by atoms with Crippen molar-refractivity contribution < 1.29 is 4.52 Å². The van der Waals surface area contributed by atoms with E-state index >= 15 is 0 Å². The van der Waals surface area contributed by atoms with Gasteiger partial charge in [0, 0.05) is 12.6 Å². The van der Waals surface area contributed by atoms with E-state index in [0.717, 1.165) is 25.7 Å². The first-order valence-corrected chi connectivity index (χ1v) is 6.80. The van der Waals surface area contributed by atoms with E-state index in [4.69, 9.17) is 33.5 Å². The summed E-state index contributed by atoms with van der Waals surface area (Å²) in [4.78, 5) is 8.38. The summed E-state index contributed by atoms with van der Waals surface area (Å²) in [5.74, 6) is 0.968. The van der Waals surface area contributed by atoms with E-state index in [-0.39, 0.29) is 0 Å². The van der Waals surface area contributed by atoms with Gasteiger partial charge in [0.1, 0.15) is 5.69 Å². The SMILES string of the molecule is NCCCCCc1nc(-c2ncc(Cl)cc2Cl)no1. The number of unbranched alkanes of at least 4 members (excludes halogenated alkanes) is 2. The maximum Gasteiger partial charge on any atom is 0.227 e. The second-order valence-electron chi connectivity index (χ2n) is 4.10. The summed E-state index contributed by atoms with van der Waals surface area (Å²) in [6.07, 6.45) is 5.26. The minimum Gasteiger partial charge on any atom is -0.339 e. The highest BCUT2D eigenvalue weighted by atomic mass is 35.5. The lowest BCUT2D eigenvalue weighted by Gasteiger charge is -1.97. The number of nitrogens with two attached hydrogens (primary N) is 1. The first-order valence-electron chi connectivity index (χ1n) is 6.05. The van der Waals surface area contributed by atoms with Crippen LogP contribution in [0.4, 0.5) is 0 Å². The van der Waals surface area contributed by atoms with Crippen LogP contribution in [0.2, 0.25) is 10.0 Å². The van der Waals surface area contributed by atoms with Crippen LogP contribution in [-0.4, -0.2) is 21.7 Å². The van der Waals surface area contributed by atoms with Crippen molar-refractivity contribution in [2.45, 2.75) is 25.7 Å². The number of aromatic nitrogens is 3. The number of hydrogen-bond donors (Lipinski definition) is 1. The molecule has 0 radical (unpaired) electrons. The van der Waals surface area contributed by atoms with Gasteiger partial charge in [-0.2, -0.15) is 4.98 Å². The number of rotatable bonds is 6. The second-order valence-corrected chi connectivity index (χ2v) is 4.94. The minimum atomic E-state index is 0.385. The minimum absolute atomic E-state index is 0.385. The Labute approximate surface area is 121 Å². The standard InChI is InChI=1S/C12H14Cl2N4O/c13-8-6-9(14)11(16-7-8)12-17-10(19-18-12)4-2-1-3-5-15/h6-7H,1-5,15H2. The summed E-state index contributed by atoms with van der Waals surface area (Å²) in [6.45, 7) is 0.708. The van der Waals surface area contributed by atoms with Crippen molar-refractivity contribution >= 4 is 23.2 Å². The van der Waals surface area contributed by atoms with E-state index in [1.54, 1.807) is 6.07 Å². The van der Waals surface area contributed by atoms with Gasteiger partial charge in [0.15, 0.2) is 0 Å². The number of halogens is 2. The van der Waals surface area contributed by atoms with Crippen molar-refractivity contribution in [2.24, 2.45) is 5.73 Å². The fourth-order valence-electron chi connectivity index (χ4n) is 1.63. The van der Waals surface area contributed by atoms with Gasteiger partial charge in [0.2, 0.25) is 11.7 Å². The predicted molar refractivity (Wildman–Crippen MR) is 74.2 cm³/mol. The van der Waals surface area contributed by atoms with Crippen molar-refractivity contribution in [3.63, 3.8) is 0 Å². The van der Waals surface area contributed by atoms with Gasteiger partial charge in [0.05, 0.1) is 10.0 Å². The lowest BCUT2D eigenvalue weighted by Crippen LogP contribution is -1.98. The first-order chi connectivity index (χ1) is 9.20.